The van der Waals surface area contributed by atoms with Gasteiger partial charge >= 0.3 is 0 Å². The van der Waals surface area contributed by atoms with Crippen LogP contribution in [-0.2, 0) is 12.8 Å². The van der Waals surface area contributed by atoms with Crippen molar-refractivity contribution in [2.24, 2.45) is 7.05 Å². The average molecular weight is 341 g/mol. The first-order valence-corrected chi connectivity index (χ1v) is 7.93. The number of H-pyrrole nitrogens is 1. The number of aromatic amines is 1. The summed E-state index contributed by atoms with van der Waals surface area (Å²) in [5, 5.41) is 14.8. The number of hydrogen-bond acceptors (Lipinski definition) is 8. The number of rotatable bonds is 4. The zero-order valence-corrected chi connectivity index (χ0v) is 13.3. The molecule has 0 radical (unpaired) electrons. The van der Waals surface area contributed by atoms with Crippen molar-refractivity contribution >= 4 is 17.5 Å². The zero-order chi connectivity index (χ0) is 16.5. The standard InChI is InChI=1S/C13H11N9OS/c1-21-13(17-19-20-21)24-7-9-5-10(23)22-12(15-9)16-11(18-22)8-3-2-4-14-6-8/h2-6H,7H2,1H3,(H,15,16,18). The van der Waals surface area contributed by atoms with Crippen molar-refractivity contribution < 1.29 is 0 Å². The largest absolute Gasteiger partial charge is 0.274 e. The summed E-state index contributed by atoms with van der Waals surface area (Å²) < 4.78 is 2.87. The van der Waals surface area contributed by atoms with Crippen molar-refractivity contribution in [3.63, 3.8) is 0 Å². The van der Waals surface area contributed by atoms with Crippen LogP contribution in [-0.4, -0.2) is 44.8 Å². The molecule has 0 saturated carbocycles. The van der Waals surface area contributed by atoms with E-state index >= 15 is 0 Å². The molecule has 0 amide bonds. The smallest absolute Gasteiger partial charge is 0.271 e. The maximum absolute atomic E-state index is 12.3. The summed E-state index contributed by atoms with van der Waals surface area (Å²) in [7, 11) is 1.75. The van der Waals surface area contributed by atoms with Gasteiger partial charge in [-0.05, 0) is 22.6 Å². The summed E-state index contributed by atoms with van der Waals surface area (Å²) in [5.41, 5.74) is 1.16. The Morgan fingerprint density at radius 2 is 2.25 bits per heavy atom. The molecule has 0 aliphatic rings. The molecule has 1 N–H and O–H groups in total. The Hall–Kier alpha value is -3.08. The fourth-order valence-electron chi connectivity index (χ4n) is 2.12. The summed E-state index contributed by atoms with van der Waals surface area (Å²) in [6.45, 7) is 0. The zero-order valence-electron chi connectivity index (χ0n) is 12.5. The fraction of sp³-hybridized carbons (Fsp3) is 0.154. The number of pyridine rings is 1. The van der Waals surface area contributed by atoms with Crippen LogP contribution in [0.5, 0.6) is 0 Å². The number of tetrazole rings is 1. The molecule has 0 bridgehead atoms. The van der Waals surface area contributed by atoms with Crippen LogP contribution in [0, 0.1) is 0 Å². The third-order valence-electron chi connectivity index (χ3n) is 3.25. The number of aryl methyl sites for hydroxylation is 1. The summed E-state index contributed by atoms with van der Waals surface area (Å²) in [5.74, 6) is 1.32. The van der Waals surface area contributed by atoms with Crippen molar-refractivity contribution in [1.29, 1.82) is 0 Å². The molecule has 0 spiro atoms. The molecule has 4 aromatic rings. The van der Waals surface area contributed by atoms with Crippen LogP contribution in [0.3, 0.4) is 0 Å². The van der Waals surface area contributed by atoms with Crippen LogP contribution in [0.25, 0.3) is 17.2 Å². The van der Waals surface area contributed by atoms with Gasteiger partial charge in [-0.25, -0.2) is 9.67 Å². The summed E-state index contributed by atoms with van der Waals surface area (Å²) >= 11 is 1.40. The Morgan fingerprint density at radius 3 is 3.00 bits per heavy atom. The minimum absolute atomic E-state index is 0.227. The molecule has 4 rings (SSSR count). The normalized spacial score (nSPS) is 11.2. The molecular weight excluding hydrogens is 330 g/mol. The van der Waals surface area contributed by atoms with Gasteiger partial charge in [0.15, 0.2) is 5.82 Å². The third-order valence-corrected chi connectivity index (χ3v) is 4.29. The van der Waals surface area contributed by atoms with Crippen molar-refractivity contribution in [2.45, 2.75) is 10.9 Å². The number of thioether (sulfide) groups is 1. The van der Waals surface area contributed by atoms with Crippen LogP contribution in [0.4, 0.5) is 0 Å². The van der Waals surface area contributed by atoms with E-state index in [1.807, 2.05) is 6.07 Å². The van der Waals surface area contributed by atoms with Gasteiger partial charge in [0.05, 0.1) is 5.69 Å². The van der Waals surface area contributed by atoms with E-state index in [1.54, 1.807) is 30.2 Å². The van der Waals surface area contributed by atoms with E-state index in [0.717, 1.165) is 5.56 Å². The first-order chi connectivity index (χ1) is 11.7. The SMILES string of the molecule is Cn1nnnc1SCc1cc(=O)n2[nH]c(-c3cccnc3)nc2n1. The van der Waals surface area contributed by atoms with Gasteiger partial charge in [0.25, 0.3) is 11.3 Å². The molecule has 4 aromatic heterocycles. The number of hydrogen-bond donors (Lipinski definition) is 1. The Labute approximate surface area is 139 Å². The van der Waals surface area contributed by atoms with Gasteiger partial charge in [-0.1, -0.05) is 11.8 Å². The molecule has 24 heavy (non-hydrogen) atoms. The van der Waals surface area contributed by atoms with Gasteiger partial charge in [0.2, 0.25) is 5.16 Å². The van der Waals surface area contributed by atoms with Crippen LogP contribution >= 0.6 is 11.8 Å². The molecule has 0 saturated heterocycles. The Kier molecular flexibility index (Phi) is 3.54. The Balaban J connectivity index is 1.67. The topological polar surface area (TPSA) is 120 Å². The second-order valence-electron chi connectivity index (χ2n) is 4.91. The van der Waals surface area contributed by atoms with Crippen LogP contribution in [0.2, 0.25) is 0 Å². The molecule has 0 atom stereocenters. The van der Waals surface area contributed by atoms with E-state index < -0.39 is 0 Å². The molecule has 0 aliphatic carbocycles. The highest BCUT2D eigenvalue weighted by molar-refractivity contribution is 7.98. The maximum atomic E-state index is 12.3. The van der Waals surface area contributed by atoms with Gasteiger partial charge < -0.3 is 0 Å². The van der Waals surface area contributed by atoms with E-state index in [9.17, 15) is 4.79 Å². The number of fused-ring (bicyclic) bond motifs is 1. The lowest BCUT2D eigenvalue weighted by atomic mass is 10.3. The van der Waals surface area contributed by atoms with Crippen molar-refractivity contribution in [1.82, 2.24) is 44.8 Å². The molecule has 10 nitrogen and oxygen atoms in total. The molecular formula is C13H11N9OS. The summed E-state index contributed by atoms with van der Waals surface area (Å²) in [6.07, 6.45) is 3.34. The predicted octanol–water partition coefficient (Wildman–Crippen LogP) is 0.295. The highest BCUT2D eigenvalue weighted by Gasteiger charge is 2.11. The number of aromatic nitrogens is 9. The van der Waals surface area contributed by atoms with Gasteiger partial charge in [-0.3, -0.25) is 14.9 Å². The fourth-order valence-corrected chi connectivity index (χ4v) is 2.86. The lowest BCUT2D eigenvalue weighted by Crippen LogP contribution is -2.15. The lowest BCUT2D eigenvalue weighted by molar-refractivity contribution is 0.664. The van der Waals surface area contributed by atoms with Crippen molar-refractivity contribution in [3.8, 4) is 11.4 Å². The van der Waals surface area contributed by atoms with E-state index in [4.69, 9.17) is 0 Å². The third kappa shape index (κ3) is 2.65. The average Bonchev–Trinajstić information content (AvgIpc) is 3.20. The molecule has 120 valence electrons. The van der Waals surface area contributed by atoms with E-state index in [1.165, 1.54) is 22.3 Å². The highest BCUT2D eigenvalue weighted by atomic mass is 32.2. The maximum Gasteiger partial charge on any atom is 0.274 e. The van der Waals surface area contributed by atoms with Crippen LogP contribution in [0.1, 0.15) is 5.69 Å². The first kappa shape index (κ1) is 14.5. The quantitative estimate of drug-likeness (QED) is 0.526. The molecule has 0 aliphatic heterocycles. The van der Waals surface area contributed by atoms with Gasteiger partial charge in [0.1, 0.15) is 0 Å². The van der Waals surface area contributed by atoms with E-state index in [2.05, 4.69) is 35.6 Å². The Bertz CT molecular complexity index is 1050. The predicted molar refractivity (Wildman–Crippen MR) is 85.2 cm³/mol. The summed E-state index contributed by atoms with van der Waals surface area (Å²) in [4.78, 5) is 25.1. The number of nitrogens with one attached hydrogen (secondary N) is 1. The monoisotopic (exact) mass is 341 g/mol. The van der Waals surface area contributed by atoms with Crippen molar-refractivity contribution in [2.75, 3.05) is 0 Å². The second kappa shape index (κ2) is 5.85. The van der Waals surface area contributed by atoms with Gasteiger partial charge in [0, 0.05) is 36.8 Å². The second-order valence-corrected chi connectivity index (χ2v) is 5.85. The first-order valence-electron chi connectivity index (χ1n) is 6.95. The molecule has 11 heteroatoms. The molecule has 4 heterocycles. The van der Waals surface area contributed by atoms with Gasteiger partial charge in [-0.15, -0.1) is 5.10 Å². The molecule has 0 fully saturated rings. The summed E-state index contributed by atoms with van der Waals surface area (Å²) in [6, 6.07) is 5.12. The minimum atomic E-state index is -0.227. The Morgan fingerprint density at radius 1 is 1.33 bits per heavy atom. The van der Waals surface area contributed by atoms with Crippen molar-refractivity contribution in [3.05, 3.63) is 46.6 Å². The highest BCUT2D eigenvalue weighted by Crippen LogP contribution is 2.18. The van der Waals surface area contributed by atoms with Crippen LogP contribution < -0.4 is 5.56 Å². The number of nitrogens with zero attached hydrogens (tertiary/aromatic N) is 8. The molecule has 0 aromatic carbocycles. The van der Waals surface area contributed by atoms with Crippen LogP contribution in [0.15, 0.2) is 40.5 Å². The van der Waals surface area contributed by atoms with E-state index in [0.29, 0.717) is 28.2 Å². The lowest BCUT2D eigenvalue weighted by Gasteiger charge is -1.99. The van der Waals surface area contributed by atoms with Gasteiger partial charge in [-0.2, -0.15) is 9.50 Å². The minimum Gasteiger partial charge on any atom is -0.271 e. The van der Waals surface area contributed by atoms with E-state index in [-0.39, 0.29) is 5.56 Å². The molecule has 0 unspecified atom stereocenters.